The van der Waals surface area contributed by atoms with Crippen molar-refractivity contribution in [3.8, 4) is 0 Å². The maximum absolute atomic E-state index is 9.59. The highest BCUT2D eigenvalue weighted by atomic mass is 16.3. The third kappa shape index (κ3) is 2.03. The zero-order chi connectivity index (χ0) is 8.97. The molecular formula is C9H14N2O. The molecule has 3 N–H and O–H groups in total. The number of aliphatic hydroxyl groups excluding tert-OH is 1. The first-order chi connectivity index (χ1) is 5.75. The Morgan fingerprint density at radius 3 is 3.00 bits per heavy atom. The summed E-state index contributed by atoms with van der Waals surface area (Å²) in [6.07, 6.45) is 3.58. The fraction of sp³-hybridized carbons (Fsp3) is 0.444. The molecule has 1 rings (SSSR count). The van der Waals surface area contributed by atoms with Crippen LogP contribution in [-0.4, -0.2) is 16.6 Å². The van der Waals surface area contributed by atoms with Gasteiger partial charge in [-0.15, -0.1) is 0 Å². The van der Waals surface area contributed by atoms with E-state index in [1.54, 1.807) is 12.4 Å². The Labute approximate surface area is 72.2 Å². The lowest BCUT2D eigenvalue weighted by Crippen LogP contribution is -2.07. The lowest BCUT2D eigenvalue weighted by atomic mass is 10.0. The van der Waals surface area contributed by atoms with Gasteiger partial charge in [-0.2, -0.15) is 0 Å². The van der Waals surface area contributed by atoms with Crippen LogP contribution in [0, 0.1) is 6.92 Å². The number of nitrogens with two attached hydrogens (primary N) is 1. The van der Waals surface area contributed by atoms with Gasteiger partial charge in [0, 0.05) is 12.4 Å². The molecule has 1 aromatic heterocycles. The molecule has 0 saturated heterocycles. The monoisotopic (exact) mass is 166 g/mol. The maximum Gasteiger partial charge on any atom is 0.0805 e. The minimum absolute atomic E-state index is 0.446. The molecule has 1 atom stereocenters. The second-order valence-electron chi connectivity index (χ2n) is 2.83. The molecule has 12 heavy (non-hydrogen) atoms. The zero-order valence-corrected chi connectivity index (χ0v) is 7.20. The van der Waals surface area contributed by atoms with Crippen molar-refractivity contribution in [2.45, 2.75) is 19.4 Å². The van der Waals surface area contributed by atoms with Crippen LogP contribution in [0.25, 0.3) is 0 Å². The fourth-order valence-corrected chi connectivity index (χ4v) is 1.17. The third-order valence-corrected chi connectivity index (χ3v) is 1.86. The highest BCUT2D eigenvalue weighted by Gasteiger charge is 2.07. The first-order valence-electron chi connectivity index (χ1n) is 4.04. The number of aliphatic hydroxyl groups is 1. The second kappa shape index (κ2) is 4.18. The van der Waals surface area contributed by atoms with Gasteiger partial charge in [0.2, 0.25) is 0 Å². The van der Waals surface area contributed by atoms with E-state index in [-0.39, 0.29) is 0 Å². The van der Waals surface area contributed by atoms with Gasteiger partial charge in [-0.1, -0.05) is 0 Å². The van der Waals surface area contributed by atoms with Crippen molar-refractivity contribution in [1.29, 1.82) is 0 Å². The Hall–Kier alpha value is -0.930. The van der Waals surface area contributed by atoms with Crippen molar-refractivity contribution in [2.75, 3.05) is 6.54 Å². The van der Waals surface area contributed by atoms with Gasteiger partial charge in [-0.05, 0) is 37.1 Å². The van der Waals surface area contributed by atoms with Gasteiger partial charge in [0.15, 0.2) is 0 Å². The molecule has 3 nitrogen and oxygen atoms in total. The van der Waals surface area contributed by atoms with Gasteiger partial charge in [0.25, 0.3) is 0 Å². The number of aromatic nitrogens is 1. The summed E-state index contributed by atoms with van der Waals surface area (Å²) in [6.45, 7) is 2.44. The molecule has 1 aromatic rings. The average Bonchev–Trinajstić information content (AvgIpc) is 2.05. The zero-order valence-electron chi connectivity index (χ0n) is 7.20. The van der Waals surface area contributed by atoms with Crippen LogP contribution in [-0.2, 0) is 0 Å². The average molecular weight is 166 g/mol. The molecule has 0 amide bonds. The molecule has 0 bridgehead atoms. The van der Waals surface area contributed by atoms with E-state index in [1.165, 1.54) is 0 Å². The molecule has 0 fully saturated rings. The van der Waals surface area contributed by atoms with Gasteiger partial charge in [-0.3, -0.25) is 4.98 Å². The van der Waals surface area contributed by atoms with Gasteiger partial charge in [0.1, 0.15) is 0 Å². The summed E-state index contributed by atoms with van der Waals surface area (Å²) in [5.74, 6) is 0. The molecule has 0 aliphatic rings. The number of hydrogen-bond acceptors (Lipinski definition) is 3. The Bertz CT molecular complexity index is 250. The normalized spacial score (nSPS) is 12.9. The Balaban J connectivity index is 2.79. The third-order valence-electron chi connectivity index (χ3n) is 1.86. The van der Waals surface area contributed by atoms with E-state index in [1.807, 2.05) is 13.0 Å². The van der Waals surface area contributed by atoms with Crippen LogP contribution in [0.4, 0.5) is 0 Å². The number of aryl methyl sites for hydroxylation is 1. The Kier molecular flexibility index (Phi) is 3.19. The summed E-state index contributed by atoms with van der Waals surface area (Å²) in [5, 5.41) is 9.59. The smallest absolute Gasteiger partial charge is 0.0805 e. The fourth-order valence-electron chi connectivity index (χ4n) is 1.17. The van der Waals surface area contributed by atoms with Crippen LogP contribution >= 0.6 is 0 Å². The van der Waals surface area contributed by atoms with Crippen LogP contribution in [0.15, 0.2) is 18.5 Å². The topological polar surface area (TPSA) is 59.1 Å². The summed E-state index contributed by atoms with van der Waals surface area (Å²) >= 11 is 0. The Morgan fingerprint density at radius 1 is 1.67 bits per heavy atom. The molecule has 66 valence electrons. The van der Waals surface area contributed by atoms with Crippen LogP contribution in [0.2, 0.25) is 0 Å². The van der Waals surface area contributed by atoms with E-state index in [9.17, 15) is 5.11 Å². The van der Waals surface area contributed by atoms with Crippen LogP contribution in [0.1, 0.15) is 23.7 Å². The van der Waals surface area contributed by atoms with Crippen molar-refractivity contribution >= 4 is 0 Å². The summed E-state index contributed by atoms with van der Waals surface area (Å²) < 4.78 is 0. The van der Waals surface area contributed by atoms with E-state index in [0.717, 1.165) is 11.1 Å². The highest BCUT2D eigenvalue weighted by Crippen LogP contribution is 2.18. The van der Waals surface area contributed by atoms with Gasteiger partial charge in [-0.25, -0.2) is 0 Å². The van der Waals surface area contributed by atoms with E-state index < -0.39 is 6.10 Å². The molecule has 0 spiro atoms. The predicted molar refractivity (Wildman–Crippen MR) is 47.6 cm³/mol. The summed E-state index contributed by atoms with van der Waals surface area (Å²) in [4.78, 5) is 3.95. The minimum Gasteiger partial charge on any atom is -0.388 e. The van der Waals surface area contributed by atoms with E-state index in [4.69, 9.17) is 5.73 Å². The van der Waals surface area contributed by atoms with Crippen molar-refractivity contribution in [3.05, 3.63) is 29.6 Å². The summed E-state index contributed by atoms with van der Waals surface area (Å²) in [7, 11) is 0. The molecule has 0 unspecified atom stereocenters. The van der Waals surface area contributed by atoms with E-state index in [2.05, 4.69) is 4.98 Å². The number of rotatable bonds is 3. The van der Waals surface area contributed by atoms with Gasteiger partial charge in [0.05, 0.1) is 6.10 Å². The van der Waals surface area contributed by atoms with E-state index in [0.29, 0.717) is 13.0 Å². The lowest BCUT2D eigenvalue weighted by molar-refractivity contribution is 0.169. The number of hydrogen-bond donors (Lipinski definition) is 2. The van der Waals surface area contributed by atoms with Gasteiger partial charge >= 0.3 is 0 Å². The lowest BCUT2D eigenvalue weighted by Gasteiger charge is -2.11. The SMILES string of the molecule is Cc1cnccc1[C@H](O)CCN. The molecule has 0 radical (unpaired) electrons. The van der Waals surface area contributed by atoms with Crippen molar-refractivity contribution in [3.63, 3.8) is 0 Å². The first kappa shape index (κ1) is 9.16. The predicted octanol–water partition coefficient (Wildman–Crippen LogP) is 0.772. The molecule has 1 heterocycles. The van der Waals surface area contributed by atoms with Crippen molar-refractivity contribution in [1.82, 2.24) is 4.98 Å². The summed E-state index contributed by atoms with van der Waals surface area (Å²) in [5.41, 5.74) is 7.28. The molecular weight excluding hydrogens is 152 g/mol. The van der Waals surface area contributed by atoms with Crippen LogP contribution in [0.5, 0.6) is 0 Å². The molecule has 0 aliphatic heterocycles. The molecule has 0 saturated carbocycles. The maximum atomic E-state index is 9.59. The molecule has 0 aliphatic carbocycles. The first-order valence-corrected chi connectivity index (χ1v) is 4.04. The van der Waals surface area contributed by atoms with Crippen LogP contribution < -0.4 is 5.73 Å². The van der Waals surface area contributed by atoms with Gasteiger partial charge < -0.3 is 10.8 Å². The number of nitrogens with zero attached hydrogens (tertiary/aromatic N) is 1. The highest BCUT2D eigenvalue weighted by molar-refractivity contribution is 5.23. The quantitative estimate of drug-likeness (QED) is 0.697. The van der Waals surface area contributed by atoms with Crippen LogP contribution in [0.3, 0.4) is 0 Å². The van der Waals surface area contributed by atoms with Crippen molar-refractivity contribution in [2.24, 2.45) is 5.73 Å². The minimum atomic E-state index is -0.446. The largest absolute Gasteiger partial charge is 0.388 e. The Morgan fingerprint density at radius 2 is 2.42 bits per heavy atom. The molecule has 0 aromatic carbocycles. The number of pyridine rings is 1. The summed E-state index contributed by atoms with van der Waals surface area (Å²) in [6, 6.07) is 1.83. The van der Waals surface area contributed by atoms with Crippen molar-refractivity contribution < 1.29 is 5.11 Å². The molecule has 3 heteroatoms. The second-order valence-corrected chi connectivity index (χ2v) is 2.83. The standard InChI is InChI=1S/C9H14N2O/c1-7-6-11-5-3-8(7)9(12)2-4-10/h3,5-6,9,12H,2,4,10H2,1H3/t9-/m1/s1. The van der Waals surface area contributed by atoms with E-state index >= 15 is 0 Å².